The van der Waals surface area contributed by atoms with Gasteiger partial charge in [0.2, 0.25) is 0 Å². The molecule has 0 saturated carbocycles. The van der Waals surface area contributed by atoms with Crippen LogP contribution in [0.15, 0.2) is 53.0 Å². The molecule has 1 fully saturated rings. The maximum absolute atomic E-state index is 12.0. The Morgan fingerprint density at radius 3 is 2.69 bits per heavy atom. The van der Waals surface area contributed by atoms with Crippen molar-refractivity contribution in [1.29, 1.82) is 0 Å². The van der Waals surface area contributed by atoms with Crippen LogP contribution in [-0.4, -0.2) is 35.7 Å². The summed E-state index contributed by atoms with van der Waals surface area (Å²) in [6, 6.07) is 16.4. The predicted octanol–water partition coefficient (Wildman–Crippen LogP) is 5.13. The number of nitrogens with one attached hydrogen (secondary N) is 1. The van der Waals surface area contributed by atoms with Gasteiger partial charge in [-0.05, 0) is 51.0 Å². The lowest BCUT2D eigenvalue weighted by atomic mass is 10.2. The van der Waals surface area contributed by atoms with Crippen LogP contribution in [0.25, 0.3) is 0 Å². The van der Waals surface area contributed by atoms with Crippen LogP contribution < -0.4 is 10.1 Å². The molecule has 5 nitrogen and oxygen atoms in total. The number of nitrogens with zero attached hydrogens (tertiary/aromatic N) is 1. The van der Waals surface area contributed by atoms with Gasteiger partial charge in [-0.1, -0.05) is 46.3 Å². The third-order valence-corrected chi connectivity index (χ3v) is 5.14. The van der Waals surface area contributed by atoms with Crippen molar-refractivity contribution < 1.29 is 14.3 Å². The molecule has 0 bridgehead atoms. The summed E-state index contributed by atoms with van der Waals surface area (Å²) in [4.78, 5) is 14.4. The highest BCUT2D eigenvalue weighted by Gasteiger charge is 2.26. The lowest BCUT2D eigenvalue weighted by Gasteiger charge is -2.22. The molecular weight excluding hydrogens is 432 g/mol. The van der Waals surface area contributed by atoms with Crippen LogP contribution in [-0.2, 0) is 17.9 Å². The first-order chi connectivity index (χ1) is 13.8. The van der Waals surface area contributed by atoms with Crippen molar-refractivity contribution in [2.75, 3.05) is 13.1 Å². The highest BCUT2D eigenvalue weighted by molar-refractivity contribution is 9.10. The van der Waals surface area contributed by atoms with Crippen molar-refractivity contribution in [2.45, 2.75) is 52.0 Å². The van der Waals surface area contributed by atoms with Crippen molar-refractivity contribution in [1.82, 2.24) is 10.2 Å². The van der Waals surface area contributed by atoms with Gasteiger partial charge in [0, 0.05) is 35.7 Å². The molecule has 6 heteroatoms. The van der Waals surface area contributed by atoms with E-state index >= 15 is 0 Å². The summed E-state index contributed by atoms with van der Waals surface area (Å²) in [5, 5.41) is 2.98. The molecule has 1 atom stereocenters. The predicted molar refractivity (Wildman–Crippen MR) is 118 cm³/mol. The van der Waals surface area contributed by atoms with E-state index in [0.717, 1.165) is 47.4 Å². The van der Waals surface area contributed by atoms with Gasteiger partial charge >= 0.3 is 6.09 Å². The number of carbonyl (C=O) groups is 1. The zero-order chi connectivity index (χ0) is 20.9. The molecule has 0 spiro atoms. The zero-order valence-corrected chi connectivity index (χ0v) is 18.9. The maximum Gasteiger partial charge on any atom is 0.407 e. The zero-order valence-electron chi connectivity index (χ0n) is 17.3. The topological polar surface area (TPSA) is 50.8 Å². The van der Waals surface area contributed by atoms with Gasteiger partial charge in [-0.25, -0.2) is 4.79 Å². The first-order valence-electron chi connectivity index (χ1n) is 9.95. The van der Waals surface area contributed by atoms with E-state index in [1.165, 1.54) is 0 Å². The third kappa shape index (κ3) is 7.05. The Morgan fingerprint density at radius 1 is 1.21 bits per heavy atom. The molecule has 1 aliphatic heterocycles. The van der Waals surface area contributed by atoms with Crippen molar-refractivity contribution in [2.24, 2.45) is 0 Å². The molecule has 1 aliphatic rings. The lowest BCUT2D eigenvalue weighted by molar-refractivity contribution is 0.0505. The molecule has 29 heavy (non-hydrogen) atoms. The standard InChI is InChI=1S/C23H29BrN2O3/c1-23(2,3)29-22(27)25-20-11-12-26(15-20)14-18-13-19(24)9-10-21(18)28-16-17-7-5-4-6-8-17/h4-10,13,20H,11-12,14-16H2,1-3H3,(H,25,27). The number of benzene rings is 2. The van der Waals surface area contributed by atoms with E-state index in [-0.39, 0.29) is 12.1 Å². The Labute approximate surface area is 181 Å². The minimum Gasteiger partial charge on any atom is -0.489 e. The van der Waals surface area contributed by atoms with Crippen LogP contribution in [0.1, 0.15) is 38.3 Å². The summed E-state index contributed by atoms with van der Waals surface area (Å²) in [6.45, 7) is 8.65. The van der Waals surface area contributed by atoms with Gasteiger partial charge in [0.25, 0.3) is 0 Å². The average Bonchev–Trinajstić information content (AvgIpc) is 3.07. The second-order valence-electron chi connectivity index (χ2n) is 8.39. The first-order valence-corrected chi connectivity index (χ1v) is 10.7. The Morgan fingerprint density at radius 2 is 1.97 bits per heavy atom. The average molecular weight is 461 g/mol. The van der Waals surface area contributed by atoms with E-state index in [1.54, 1.807) is 0 Å². The molecular formula is C23H29BrN2O3. The number of carbonyl (C=O) groups excluding carboxylic acids is 1. The van der Waals surface area contributed by atoms with Gasteiger partial charge in [0.05, 0.1) is 0 Å². The van der Waals surface area contributed by atoms with Crippen LogP contribution in [0.3, 0.4) is 0 Å². The van der Waals surface area contributed by atoms with Gasteiger partial charge < -0.3 is 14.8 Å². The molecule has 2 aromatic carbocycles. The van der Waals surface area contributed by atoms with Crippen LogP contribution in [0, 0.1) is 0 Å². The molecule has 1 unspecified atom stereocenters. The summed E-state index contributed by atoms with van der Waals surface area (Å²) in [5.74, 6) is 0.889. The number of amides is 1. The van der Waals surface area contributed by atoms with Gasteiger partial charge in [0.15, 0.2) is 0 Å². The molecule has 0 radical (unpaired) electrons. The summed E-state index contributed by atoms with van der Waals surface area (Å²) >= 11 is 3.57. The van der Waals surface area contributed by atoms with E-state index in [1.807, 2.05) is 51.1 Å². The number of alkyl carbamates (subject to hydrolysis) is 1. The fourth-order valence-corrected chi connectivity index (χ4v) is 3.77. The van der Waals surface area contributed by atoms with Gasteiger partial charge in [-0.3, -0.25) is 4.90 Å². The summed E-state index contributed by atoms with van der Waals surface area (Å²) in [5.41, 5.74) is 1.79. The largest absolute Gasteiger partial charge is 0.489 e. The molecule has 1 N–H and O–H groups in total. The normalized spacial score (nSPS) is 17.2. The molecule has 3 rings (SSSR count). The Hall–Kier alpha value is -2.05. The fourth-order valence-electron chi connectivity index (χ4n) is 3.36. The number of halogens is 1. The van der Waals surface area contributed by atoms with E-state index < -0.39 is 5.60 Å². The monoisotopic (exact) mass is 460 g/mol. The van der Waals surface area contributed by atoms with Gasteiger partial charge in [-0.2, -0.15) is 0 Å². The number of likely N-dealkylation sites (tertiary alicyclic amines) is 1. The fraction of sp³-hybridized carbons (Fsp3) is 0.435. The van der Waals surface area contributed by atoms with Crippen LogP contribution in [0.4, 0.5) is 4.79 Å². The van der Waals surface area contributed by atoms with E-state index in [2.05, 4.69) is 44.3 Å². The number of ether oxygens (including phenoxy) is 2. The molecule has 156 valence electrons. The highest BCUT2D eigenvalue weighted by Crippen LogP contribution is 2.27. The second kappa shape index (κ2) is 9.63. The smallest absolute Gasteiger partial charge is 0.407 e. The van der Waals surface area contributed by atoms with Crippen molar-refractivity contribution in [3.05, 3.63) is 64.1 Å². The highest BCUT2D eigenvalue weighted by atomic mass is 79.9. The SMILES string of the molecule is CC(C)(C)OC(=O)NC1CCN(Cc2cc(Br)ccc2OCc2ccccc2)C1. The number of hydrogen-bond acceptors (Lipinski definition) is 4. The molecule has 1 heterocycles. The Balaban J connectivity index is 1.57. The summed E-state index contributed by atoms with van der Waals surface area (Å²) < 4.78 is 12.5. The quantitative estimate of drug-likeness (QED) is 0.649. The lowest BCUT2D eigenvalue weighted by Crippen LogP contribution is -2.40. The third-order valence-electron chi connectivity index (χ3n) is 4.65. The Bertz CT molecular complexity index is 821. The van der Waals surface area contributed by atoms with Crippen molar-refractivity contribution in [3.63, 3.8) is 0 Å². The maximum atomic E-state index is 12.0. The van der Waals surface area contributed by atoms with E-state index in [0.29, 0.717) is 6.61 Å². The van der Waals surface area contributed by atoms with Gasteiger partial charge in [-0.15, -0.1) is 0 Å². The minimum absolute atomic E-state index is 0.102. The Kier molecular flexibility index (Phi) is 7.19. The van der Waals surface area contributed by atoms with Crippen LogP contribution >= 0.6 is 15.9 Å². The van der Waals surface area contributed by atoms with Crippen LogP contribution in [0.2, 0.25) is 0 Å². The van der Waals surface area contributed by atoms with Crippen molar-refractivity contribution in [3.8, 4) is 5.75 Å². The van der Waals surface area contributed by atoms with Crippen molar-refractivity contribution >= 4 is 22.0 Å². The van der Waals surface area contributed by atoms with Crippen LogP contribution in [0.5, 0.6) is 5.75 Å². The molecule has 0 aliphatic carbocycles. The molecule has 1 saturated heterocycles. The molecule has 1 amide bonds. The summed E-state index contributed by atoms with van der Waals surface area (Å²) in [7, 11) is 0. The second-order valence-corrected chi connectivity index (χ2v) is 9.31. The summed E-state index contributed by atoms with van der Waals surface area (Å²) in [6.07, 6.45) is 0.562. The minimum atomic E-state index is -0.482. The first kappa shape index (κ1) is 21.7. The molecule has 2 aromatic rings. The number of hydrogen-bond donors (Lipinski definition) is 1. The molecule has 0 aromatic heterocycles. The van der Waals surface area contributed by atoms with Gasteiger partial charge in [0.1, 0.15) is 18.0 Å². The number of rotatable bonds is 6. The van der Waals surface area contributed by atoms with E-state index in [4.69, 9.17) is 9.47 Å². The van der Waals surface area contributed by atoms with E-state index in [9.17, 15) is 4.79 Å².